The van der Waals surface area contributed by atoms with Crippen molar-refractivity contribution in [1.82, 2.24) is 5.32 Å². The summed E-state index contributed by atoms with van der Waals surface area (Å²) < 4.78 is 0.798. The van der Waals surface area contributed by atoms with E-state index < -0.39 is 5.60 Å². The maximum absolute atomic E-state index is 10.3. The molecule has 0 aliphatic heterocycles. The zero-order chi connectivity index (χ0) is 12.3. The molecule has 0 aromatic carbocycles. The first-order valence-corrected chi connectivity index (χ1v) is 7.37. The highest BCUT2D eigenvalue weighted by atomic mass is 35.5. The van der Waals surface area contributed by atoms with E-state index in [0.717, 1.165) is 15.8 Å². The molecule has 0 spiro atoms. The second-order valence-corrected chi connectivity index (χ2v) is 6.81. The van der Waals surface area contributed by atoms with Crippen molar-refractivity contribution < 1.29 is 5.11 Å². The average Bonchev–Trinajstić information content (AvgIpc) is 2.89. The van der Waals surface area contributed by atoms with E-state index in [0.29, 0.717) is 6.54 Å². The van der Waals surface area contributed by atoms with Gasteiger partial charge in [0.2, 0.25) is 0 Å². The van der Waals surface area contributed by atoms with Crippen LogP contribution in [-0.2, 0) is 12.1 Å². The van der Waals surface area contributed by atoms with Crippen molar-refractivity contribution in [3.05, 3.63) is 43.7 Å². The SMILES string of the molecule is CC(O)(CNCc1ccc(Cl)s1)c1cccs1. The van der Waals surface area contributed by atoms with Crippen LogP contribution >= 0.6 is 34.3 Å². The number of thiophene rings is 2. The van der Waals surface area contributed by atoms with E-state index in [-0.39, 0.29) is 0 Å². The fraction of sp³-hybridized carbons (Fsp3) is 0.333. The second-order valence-electron chi connectivity index (χ2n) is 4.06. The molecule has 0 aliphatic rings. The predicted octanol–water partition coefficient (Wildman–Crippen LogP) is 3.46. The Kier molecular flexibility index (Phi) is 4.22. The van der Waals surface area contributed by atoms with E-state index in [4.69, 9.17) is 11.6 Å². The largest absolute Gasteiger partial charge is 0.383 e. The minimum absolute atomic E-state index is 0.531. The molecule has 0 bridgehead atoms. The maximum atomic E-state index is 10.3. The van der Waals surface area contributed by atoms with Gasteiger partial charge in [-0.2, -0.15) is 0 Å². The van der Waals surface area contributed by atoms with Gasteiger partial charge in [-0.3, -0.25) is 0 Å². The van der Waals surface area contributed by atoms with E-state index >= 15 is 0 Å². The predicted molar refractivity (Wildman–Crippen MR) is 74.9 cm³/mol. The van der Waals surface area contributed by atoms with Gasteiger partial charge in [-0.1, -0.05) is 17.7 Å². The minimum atomic E-state index is -0.810. The van der Waals surface area contributed by atoms with Crippen molar-refractivity contribution >= 4 is 34.3 Å². The average molecular weight is 288 g/mol. The van der Waals surface area contributed by atoms with Gasteiger partial charge in [0.15, 0.2) is 0 Å². The van der Waals surface area contributed by atoms with E-state index in [1.807, 2.05) is 36.6 Å². The molecule has 5 heteroatoms. The van der Waals surface area contributed by atoms with Crippen molar-refractivity contribution in [3.63, 3.8) is 0 Å². The Morgan fingerprint density at radius 2 is 2.24 bits per heavy atom. The van der Waals surface area contributed by atoms with Crippen LogP contribution in [0.15, 0.2) is 29.6 Å². The lowest BCUT2D eigenvalue weighted by Gasteiger charge is -2.22. The van der Waals surface area contributed by atoms with Crippen LogP contribution in [0.5, 0.6) is 0 Å². The highest BCUT2D eigenvalue weighted by Crippen LogP contribution is 2.25. The normalized spacial score (nSPS) is 14.8. The zero-order valence-corrected chi connectivity index (χ0v) is 11.8. The van der Waals surface area contributed by atoms with Gasteiger partial charge in [0, 0.05) is 22.8 Å². The molecule has 1 atom stereocenters. The lowest BCUT2D eigenvalue weighted by atomic mass is 10.1. The van der Waals surface area contributed by atoms with Gasteiger partial charge in [0.25, 0.3) is 0 Å². The van der Waals surface area contributed by atoms with Crippen molar-refractivity contribution in [2.75, 3.05) is 6.54 Å². The van der Waals surface area contributed by atoms with Crippen LogP contribution in [0.1, 0.15) is 16.7 Å². The molecule has 0 fully saturated rings. The Balaban J connectivity index is 1.86. The summed E-state index contributed by atoms with van der Waals surface area (Å²) in [7, 11) is 0. The number of halogens is 1. The minimum Gasteiger partial charge on any atom is -0.383 e. The maximum Gasteiger partial charge on any atom is 0.108 e. The zero-order valence-electron chi connectivity index (χ0n) is 9.44. The molecule has 0 amide bonds. The van der Waals surface area contributed by atoms with Gasteiger partial charge >= 0.3 is 0 Å². The first-order valence-electron chi connectivity index (χ1n) is 5.29. The smallest absolute Gasteiger partial charge is 0.108 e. The van der Waals surface area contributed by atoms with Gasteiger partial charge < -0.3 is 10.4 Å². The lowest BCUT2D eigenvalue weighted by molar-refractivity contribution is 0.0605. The van der Waals surface area contributed by atoms with Crippen LogP contribution in [0.3, 0.4) is 0 Å². The van der Waals surface area contributed by atoms with E-state index in [9.17, 15) is 5.11 Å². The van der Waals surface area contributed by atoms with Crippen molar-refractivity contribution in [2.24, 2.45) is 0 Å². The topological polar surface area (TPSA) is 32.3 Å². The summed E-state index contributed by atoms with van der Waals surface area (Å²) in [6, 6.07) is 7.79. The molecule has 2 N–H and O–H groups in total. The van der Waals surface area contributed by atoms with E-state index in [2.05, 4.69) is 5.32 Å². The molecule has 0 aliphatic carbocycles. The van der Waals surface area contributed by atoms with Gasteiger partial charge in [-0.05, 0) is 30.5 Å². The molecule has 0 radical (unpaired) electrons. The molecule has 2 heterocycles. The molecule has 17 heavy (non-hydrogen) atoms. The fourth-order valence-corrected chi connectivity index (χ4v) is 3.39. The molecule has 0 saturated heterocycles. The summed E-state index contributed by atoms with van der Waals surface area (Å²) in [5.74, 6) is 0. The third-order valence-corrected chi connectivity index (χ3v) is 4.80. The number of hydrogen-bond acceptors (Lipinski definition) is 4. The number of hydrogen-bond donors (Lipinski definition) is 2. The Hall–Kier alpha value is -0.390. The molecular formula is C12H14ClNOS2. The van der Waals surface area contributed by atoms with Crippen LogP contribution in [0.4, 0.5) is 0 Å². The van der Waals surface area contributed by atoms with Gasteiger partial charge in [0.1, 0.15) is 5.60 Å². The Bertz CT molecular complexity index is 465. The molecule has 92 valence electrons. The van der Waals surface area contributed by atoms with E-state index in [1.54, 1.807) is 22.7 Å². The highest BCUT2D eigenvalue weighted by Gasteiger charge is 2.23. The van der Waals surface area contributed by atoms with Crippen LogP contribution in [0.25, 0.3) is 0 Å². The number of nitrogens with one attached hydrogen (secondary N) is 1. The Morgan fingerprint density at radius 1 is 1.41 bits per heavy atom. The third kappa shape index (κ3) is 3.53. The second kappa shape index (κ2) is 5.50. The summed E-state index contributed by atoms with van der Waals surface area (Å²) in [5, 5.41) is 15.5. The van der Waals surface area contributed by atoms with Gasteiger partial charge in [0.05, 0.1) is 4.34 Å². The van der Waals surface area contributed by atoms with E-state index in [1.165, 1.54) is 4.88 Å². The molecule has 2 rings (SSSR count). The first-order chi connectivity index (χ1) is 8.08. The Morgan fingerprint density at radius 3 is 2.82 bits per heavy atom. The molecule has 2 aromatic rings. The fourth-order valence-electron chi connectivity index (χ4n) is 1.55. The summed E-state index contributed by atoms with van der Waals surface area (Å²) in [6.07, 6.45) is 0. The van der Waals surface area contributed by atoms with Crippen molar-refractivity contribution in [1.29, 1.82) is 0 Å². The Labute approximate surface area is 114 Å². The quantitative estimate of drug-likeness (QED) is 0.883. The summed E-state index contributed by atoms with van der Waals surface area (Å²) >= 11 is 8.98. The molecule has 1 unspecified atom stereocenters. The summed E-state index contributed by atoms with van der Waals surface area (Å²) in [6.45, 7) is 3.09. The lowest BCUT2D eigenvalue weighted by Crippen LogP contribution is -2.34. The monoisotopic (exact) mass is 287 g/mol. The number of aliphatic hydroxyl groups is 1. The van der Waals surface area contributed by atoms with Gasteiger partial charge in [-0.15, -0.1) is 22.7 Å². The standard InChI is InChI=1S/C12H14ClNOS2/c1-12(15,10-3-2-6-16-10)8-14-7-9-4-5-11(13)17-9/h2-6,14-15H,7-8H2,1H3. The van der Waals surface area contributed by atoms with Crippen LogP contribution in [0, 0.1) is 0 Å². The van der Waals surface area contributed by atoms with Gasteiger partial charge in [-0.25, -0.2) is 0 Å². The summed E-state index contributed by atoms with van der Waals surface area (Å²) in [4.78, 5) is 2.16. The van der Waals surface area contributed by atoms with Crippen LogP contribution < -0.4 is 5.32 Å². The number of rotatable bonds is 5. The van der Waals surface area contributed by atoms with Crippen molar-refractivity contribution in [2.45, 2.75) is 19.1 Å². The van der Waals surface area contributed by atoms with Crippen LogP contribution in [-0.4, -0.2) is 11.7 Å². The molecular weight excluding hydrogens is 274 g/mol. The summed E-state index contributed by atoms with van der Waals surface area (Å²) in [5.41, 5.74) is -0.810. The molecule has 0 saturated carbocycles. The molecule has 2 aromatic heterocycles. The van der Waals surface area contributed by atoms with Crippen molar-refractivity contribution in [3.8, 4) is 0 Å². The highest BCUT2D eigenvalue weighted by molar-refractivity contribution is 7.16. The van der Waals surface area contributed by atoms with Crippen LogP contribution in [0.2, 0.25) is 4.34 Å². The molecule has 2 nitrogen and oxygen atoms in total. The first kappa shape index (κ1) is 13.1. The third-order valence-electron chi connectivity index (χ3n) is 2.45.